The number of methoxy groups -OCH3 is 1. The number of carbonyl (C=O) groups is 2. The Morgan fingerprint density at radius 1 is 0.969 bits per heavy atom. The molecule has 164 valence electrons. The largest absolute Gasteiger partial charge is 0.383 e. The molecular weight excluding hydrogens is 449 g/mol. The number of benzene rings is 3. The van der Waals surface area contributed by atoms with Crippen LogP contribution in [0.3, 0.4) is 0 Å². The van der Waals surface area contributed by atoms with E-state index < -0.39 is 0 Å². The number of halogens is 2. The number of nitrogens with one attached hydrogen (secondary N) is 2. The molecule has 0 fully saturated rings. The fourth-order valence-corrected chi connectivity index (χ4v) is 3.83. The summed E-state index contributed by atoms with van der Waals surface area (Å²) in [4.78, 5) is 27.6. The first-order valence-corrected chi connectivity index (χ1v) is 10.7. The molecule has 4 rings (SSSR count). The molecule has 3 aromatic carbocycles. The smallest absolute Gasteiger partial charge is 0.256 e. The zero-order chi connectivity index (χ0) is 22.7. The molecule has 8 heteroatoms. The third-order valence-electron chi connectivity index (χ3n) is 5.20. The summed E-state index contributed by atoms with van der Waals surface area (Å²) < 4.78 is 5.19. The topological polar surface area (TPSA) is 70.7 Å². The highest BCUT2D eigenvalue weighted by Gasteiger charge is 2.37. The predicted molar refractivity (Wildman–Crippen MR) is 127 cm³/mol. The molecule has 3 aromatic rings. The molecule has 0 spiro atoms. The van der Waals surface area contributed by atoms with E-state index in [4.69, 9.17) is 27.9 Å². The molecule has 0 aromatic heterocycles. The maximum Gasteiger partial charge on any atom is 0.256 e. The van der Waals surface area contributed by atoms with E-state index in [1.807, 2.05) is 18.2 Å². The second-order valence-corrected chi connectivity index (χ2v) is 8.18. The van der Waals surface area contributed by atoms with E-state index in [9.17, 15) is 9.59 Å². The molecule has 0 aliphatic carbocycles. The molecule has 1 aliphatic rings. The summed E-state index contributed by atoms with van der Waals surface area (Å²) in [6.07, 6.45) is -0.387. The zero-order valence-electron chi connectivity index (χ0n) is 17.3. The Morgan fingerprint density at radius 3 is 2.22 bits per heavy atom. The summed E-state index contributed by atoms with van der Waals surface area (Å²) in [7, 11) is 1.59. The van der Waals surface area contributed by atoms with Crippen LogP contribution in [0.1, 0.15) is 32.4 Å². The maximum absolute atomic E-state index is 13.2. The van der Waals surface area contributed by atoms with E-state index in [1.165, 1.54) is 0 Å². The lowest BCUT2D eigenvalue weighted by atomic mass is 10.0. The Bertz CT molecular complexity index is 1130. The van der Waals surface area contributed by atoms with Crippen molar-refractivity contribution in [2.45, 2.75) is 6.17 Å². The van der Waals surface area contributed by atoms with Gasteiger partial charge in [-0.1, -0.05) is 29.3 Å². The monoisotopic (exact) mass is 469 g/mol. The normalized spacial score (nSPS) is 14.9. The van der Waals surface area contributed by atoms with Crippen molar-refractivity contribution >= 4 is 46.4 Å². The SMILES string of the molecule is COCCN1C(=O)c2cc(C(=O)Nc3ccc(Cl)cc3)ccc2[C@H]1Nc1ccc(Cl)cc1. The highest BCUT2D eigenvalue weighted by Crippen LogP contribution is 2.35. The van der Waals surface area contributed by atoms with E-state index in [0.29, 0.717) is 40.0 Å². The quantitative estimate of drug-likeness (QED) is 0.481. The van der Waals surface area contributed by atoms with Crippen LogP contribution in [0.15, 0.2) is 66.7 Å². The van der Waals surface area contributed by atoms with Gasteiger partial charge in [-0.2, -0.15) is 0 Å². The highest BCUT2D eigenvalue weighted by atomic mass is 35.5. The molecule has 32 heavy (non-hydrogen) atoms. The Morgan fingerprint density at radius 2 is 1.59 bits per heavy atom. The molecule has 1 heterocycles. The van der Waals surface area contributed by atoms with Crippen molar-refractivity contribution in [3.05, 3.63) is 93.5 Å². The van der Waals surface area contributed by atoms with Gasteiger partial charge in [-0.05, 0) is 60.7 Å². The zero-order valence-corrected chi connectivity index (χ0v) is 18.8. The van der Waals surface area contributed by atoms with Gasteiger partial charge in [-0.3, -0.25) is 9.59 Å². The molecule has 1 atom stereocenters. The number of hydrogen-bond donors (Lipinski definition) is 2. The van der Waals surface area contributed by atoms with Crippen molar-refractivity contribution in [3.63, 3.8) is 0 Å². The lowest BCUT2D eigenvalue weighted by Crippen LogP contribution is -2.34. The summed E-state index contributed by atoms with van der Waals surface area (Å²) in [5.41, 5.74) is 3.12. The minimum atomic E-state index is -0.387. The summed E-state index contributed by atoms with van der Waals surface area (Å²) >= 11 is 11.9. The van der Waals surface area contributed by atoms with Gasteiger partial charge in [-0.15, -0.1) is 0 Å². The van der Waals surface area contributed by atoms with E-state index in [1.54, 1.807) is 60.5 Å². The second-order valence-electron chi connectivity index (χ2n) is 7.31. The molecule has 0 radical (unpaired) electrons. The van der Waals surface area contributed by atoms with E-state index in [2.05, 4.69) is 10.6 Å². The average Bonchev–Trinajstić information content (AvgIpc) is 3.05. The van der Waals surface area contributed by atoms with Gasteiger partial charge in [0.05, 0.1) is 6.61 Å². The average molecular weight is 470 g/mol. The highest BCUT2D eigenvalue weighted by molar-refractivity contribution is 6.31. The summed E-state index contributed by atoms with van der Waals surface area (Å²) in [5.74, 6) is -0.467. The minimum absolute atomic E-state index is 0.162. The number of fused-ring (bicyclic) bond motifs is 1. The number of carbonyl (C=O) groups excluding carboxylic acids is 2. The number of rotatable bonds is 7. The van der Waals surface area contributed by atoms with Crippen LogP contribution >= 0.6 is 23.2 Å². The van der Waals surface area contributed by atoms with Crippen LogP contribution in [0, 0.1) is 0 Å². The van der Waals surface area contributed by atoms with Crippen molar-refractivity contribution in [1.29, 1.82) is 0 Å². The van der Waals surface area contributed by atoms with Crippen LogP contribution in [-0.4, -0.2) is 37.0 Å². The van der Waals surface area contributed by atoms with Gasteiger partial charge in [0.15, 0.2) is 0 Å². The fraction of sp³-hybridized carbons (Fsp3) is 0.167. The second kappa shape index (κ2) is 9.61. The van der Waals surface area contributed by atoms with Gasteiger partial charge in [0.2, 0.25) is 0 Å². The van der Waals surface area contributed by atoms with Gasteiger partial charge < -0.3 is 20.3 Å². The molecule has 2 N–H and O–H groups in total. The van der Waals surface area contributed by atoms with Crippen LogP contribution < -0.4 is 10.6 Å². The van der Waals surface area contributed by atoms with Crippen molar-refractivity contribution in [1.82, 2.24) is 4.90 Å². The molecule has 2 amide bonds. The van der Waals surface area contributed by atoms with Crippen LogP contribution in [0.5, 0.6) is 0 Å². The lowest BCUT2D eigenvalue weighted by Gasteiger charge is -2.27. The van der Waals surface area contributed by atoms with Crippen LogP contribution in [-0.2, 0) is 4.74 Å². The van der Waals surface area contributed by atoms with E-state index in [0.717, 1.165) is 11.3 Å². The third kappa shape index (κ3) is 4.72. The van der Waals surface area contributed by atoms with Crippen molar-refractivity contribution in [2.75, 3.05) is 30.9 Å². The standard InChI is InChI=1S/C24H21Cl2N3O3/c1-32-13-12-29-22(27-18-7-3-16(25)4-8-18)20-11-2-15(14-21(20)24(29)31)23(30)28-19-9-5-17(26)6-10-19/h2-11,14,22,27H,12-13H2,1H3,(H,28,30)/t22-/m0/s1. The first-order chi connectivity index (χ1) is 15.5. The molecule has 0 saturated heterocycles. The number of nitrogens with zero attached hydrogens (tertiary/aromatic N) is 1. The Balaban J connectivity index is 1.61. The Kier molecular flexibility index (Phi) is 6.65. The molecule has 0 unspecified atom stereocenters. The Labute approximate surface area is 196 Å². The molecular formula is C24H21Cl2N3O3. The number of anilines is 2. The maximum atomic E-state index is 13.2. The molecule has 6 nitrogen and oxygen atoms in total. The number of hydrogen-bond acceptors (Lipinski definition) is 4. The van der Waals surface area contributed by atoms with Gasteiger partial charge in [-0.25, -0.2) is 0 Å². The molecule has 0 saturated carbocycles. The van der Waals surface area contributed by atoms with Crippen LogP contribution in [0.4, 0.5) is 11.4 Å². The summed E-state index contributed by atoms with van der Waals surface area (Å²) in [6.45, 7) is 0.796. The van der Waals surface area contributed by atoms with Crippen molar-refractivity contribution < 1.29 is 14.3 Å². The van der Waals surface area contributed by atoms with Crippen molar-refractivity contribution in [3.8, 4) is 0 Å². The summed E-state index contributed by atoms with van der Waals surface area (Å²) in [6, 6.07) is 19.3. The Hall–Kier alpha value is -3.06. The molecule has 0 bridgehead atoms. The first kappa shape index (κ1) is 22.1. The lowest BCUT2D eigenvalue weighted by molar-refractivity contribution is 0.0674. The van der Waals surface area contributed by atoms with Crippen LogP contribution in [0.2, 0.25) is 10.0 Å². The molecule has 1 aliphatic heterocycles. The van der Waals surface area contributed by atoms with E-state index in [-0.39, 0.29) is 18.0 Å². The van der Waals surface area contributed by atoms with Crippen LogP contribution in [0.25, 0.3) is 0 Å². The van der Waals surface area contributed by atoms with Gasteiger partial charge in [0, 0.05) is 51.8 Å². The first-order valence-electron chi connectivity index (χ1n) is 9.99. The third-order valence-corrected chi connectivity index (χ3v) is 5.70. The van der Waals surface area contributed by atoms with Gasteiger partial charge in [0.1, 0.15) is 6.17 Å². The van der Waals surface area contributed by atoms with Crippen molar-refractivity contribution in [2.24, 2.45) is 0 Å². The number of ether oxygens (including phenoxy) is 1. The fourth-order valence-electron chi connectivity index (χ4n) is 3.58. The minimum Gasteiger partial charge on any atom is -0.383 e. The summed E-state index contributed by atoms with van der Waals surface area (Å²) in [5, 5.41) is 7.42. The number of amides is 2. The van der Waals surface area contributed by atoms with Gasteiger partial charge >= 0.3 is 0 Å². The van der Waals surface area contributed by atoms with E-state index >= 15 is 0 Å². The predicted octanol–water partition coefficient (Wildman–Crippen LogP) is 5.46. The van der Waals surface area contributed by atoms with Gasteiger partial charge in [0.25, 0.3) is 11.8 Å².